The number of hydrogen-bond donors (Lipinski definition) is 3. The van der Waals surface area contributed by atoms with E-state index in [9.17, 15) is 9.59 Å². The van der Waals surface area contributed by atoms with E-state index in [4.69, 9.17) is 0 Å². The van der Waals surface area contributed by atoms with Gasteiger partial charge in [0.15, 0.2) is 0 Å². The second-order valence-corrected chi connectivity index (χ2v) is 8.63. The molecule has 34 heavy (non-hydrogen) atoms. The molecule has 0 atom stereocenters. The number of nitrogens with zero attached hydrogens (tertiary/aromatic N) is 3. The molecule has 0 spiro atoms. The fourth-order valence-electron chi connectivity index (χ4n) is 4.14. The molecule has 3 aromatic rings. The summed E-state index contributed by atoms with van der Waals surface area (Å²) in [6.45, 7) is 5.61. The summed E-state index contributed by atoms with van der Waals surface area (Å²) in [5, 5.41) is 13.5. The molecule has 4 rings (SSSR count). The molecular weight excluding hydrogens is 428 g/mol. The van der Waals surface area contributed by atoms with Gasteiger partial charge in [-0.2, -0.15) is 5.10 Å². The number of fused-ring (bicyclic) bond motifs is 2. The van der Waals surface area contributed by atoms with Gasteiger partial charge < -0.3 is 20.9 Å². The fourth-order valence-corrected chi connectivity index (χ4v) is 4.14. The Bertz CT molecular complexity index is 1190. The molecule has 1 aliphatic rings. The molecule has 2 heterocycles. The first-order valence-corrected chi connectivity index (χ1v) is 11.8. The Morgan fingerprint density at radius 1 is 1.12 bits per heavy atom. The topological polar surface area (TPSA) is 91.3 Å². The van der Waals surface area contributed by atoms with Crippen LogP contribution < -0.4 is 20.9 Å². The van der Waals surface area contributed by atoms with Crippen molar-refractivity contribution < 1.29 is 9.59 Å². The molecule has 3 amide bonds. The molecule has 0 saturated heterocycles. The maximum atomic E-state index is 13.6. The van der Waals surface area contributed by atoms with Crippen LogP contribution in [0, 0.1) is 6.92 Å². The van der Waals surface area contributed by atoms with E-state index in [1.54, 1.807) is 15.8 Å². The highest BCUT2D eigenvalue weighted by atomic mass is 16.2. The highest BCUT2D eigenvalue weighted by molar-refractivity contribution is 6.08. The maximum Gasteiger partial charge on any atom is 0.315 e. The molecule has 8 nitrogen and oxygen atoms in total. The lowest BCUT2D eigenvalue weighted by molar-refractivity contribution is 0.0985. The van der Waals surface area contributed by atoms with E-state index in [1.165, 1.54) is 0 Å². The molecule has 178 valence electrons. The molecule has 0 saturated carbocycles. The molecule has 0 unspecified atom stereocenters. The molecule has 0 aliphatic carbocycles. The fraction of sp³-hybridized carbons (Fsp3) is 0.346. The van der Waals surface area contributed by atoms with Gasteiger partial charge >= 0.3 is 6.03 Å². The Morgan fingerprint density at radius 3 is 2.74 bits per heavy atom. The molecule has 3 N–H and O–H groups in total. The van der Waals surface area contributed by atoms with Crippen molar-refractivity contribution >= 4 is 29.1 Å². The zero-order chi connectivity index (χ0) is 24.1. The maximum absolute atomic E-state index is 13.6. The molecule has 8 heteroatoms. The normalized spacial score (nSPS) is 12.3. The largest absolute Gasteiger partial charge is 0.338 e. The minimum absolute atomic E-state index is 0.0813. The van der Waals surface area contributed by atoms with Crippen LogP contribution in [0.5, 0.6) is 0 Å². The van der Waals surface area contributed by atoms with E-state index in [2.05, 4.69) is 28.0 Å². The molecule has 1 aliphatic heterocycles. The standard InChI is InChI=1S/C26H32N6O2/c1-4-5-8-13-27-26(34)28-15-20-12-11-19(14-18(20)2)25(33)32-17-21-16-29-31(3)24(21)30-22-9-6-7-10-23(22)32/h6-7,9-12,14,16,30H,4-5,8,13,15,17H2,1-3H3,(H2,27,28,34). The van der Waals surface area contributed by atoms with Gasteiger partial charge in [-0.05, 0) is 48.7 Å². The summed E-state index contributed by atoms with van der Waals surface area (Å²) >= 11 is 0. The van der Waals surface area contributed by atoms with E-state index in [0.29, 0.717) is 25.2 Å². The van der Waals surface area contributed by atoms with Crippen LogP contribution >= 0.6 is 0 Å². The predicted molar refractivity (Wildman–Crippen MR) is 134 cm³/mol. The van der Waals surface area contributed by atoms with Gasteiger partial charge in [-0.1, -0.05) is 38.0 Å². The molecule has 0 radical (unpaired) electrons. The Hall–Kier alpha value is -3.81. The van der Waals surface area contributed by atoms with E-state index in [1.807, 2.05) is 56.4 Å². The van der Waals surface area contributed by atoms with Crippen molar-refractivity contribution in [1.82, 2.24) is 20.4 Å². The average molecular weight is 461 g/mol. The predicted octanol–water partition coefficient (Wildman–Crippen LogP) is 4.62. The van der Waals surface area contributed by atoms with Crippen LogP contribution in [0.4, 0.5) is 22.0 Å². The van der Waals surface area contributed by atoms with Crippen molar-refractivity contribution in [1.29, 1.82) is 0 Å². The first-order chi connectivity index (χ1) is 16.5. The lowest BCUT2D eigenvalue weighted by Crippen LogP contribution is -2.35. The summed E-state index contributed by atoms with van der Waals surface area (Å²) < 4.78 is 1.78. The number of nitrogens with one attached hydrogen (secondary N) is 3. The highest BCUT2D eigenvalue weighted by Crippen LogP contribution is 2.36. The van der Waals surface area contributed by atoms with Gasteiger partial charge in [0.25, 0.3) is 5.91 Å². The summed E-state index contributed by atoms with van der Waals surface area (Å²) in [7, 11) is 1.88. The van der Waals surface area contributed by atoms with Crippen molar-refractivity contribution in [3.8, 4) is 0 Å². The van der Waals surface area contributed by atoms with Gasteiger partial charge in [0.1, 0.15) is 5.82 Å². The number of hydrogen-bond acceptors (Lipinski definition) is 4. The van der Waals surface area contributed by atoms with Crippen LogP contribution in [0.1, 0.15) is 53.2 Å². The van der Waals surface area contributed by atoms with Gasteiger partial charge in [0, 0.05) is 31.3 Å². The number of anilines is 3. The second kappa shape index (κ2) is 10.4. The molecule has 0 bridgehead atoms. The molecule has 0 fully saturated rings. The van der Waals surface area contributed by atoms with Crippen LogP contribution in [-0.4, -0.2) is 28.3 Å². The monoisotopic (exact) mass is 460 g/mol. The van der Waals surface area contributed by atoms with Crippen molar-refractivity contribution in [3.05, 3.63) is 70.9 Å². The van der Waals surface area contributed by atoms with Crippen molar-refractivity contribution in [2.75, 3.05) is 16.8 Å². The SMILES string of the molecule is CCCCCNC(=O)NCc1ccc(C(=O)N2Cc3cnn(C)c3Nc3ccccc32)cc1C. The summed E-state index contributed by atoms with van der Waals surface area (Å²) in [5.74, 6) is 0.801. The number of carbonyl (C=O) groups excluding carboxylic acids is 2. The highest BCUT2D eigenvalue weighted by Gasteiger charge is 2.26. The molecular formula is C26H32N6O2. The average Bonchev–Trinajstić information content (AvgIpc) is 3.08. The van der Waals surface area contributed by atoms with Crippen molar-refractivity contribution in [2.45, 2.75) is 46.2 Å². The Labute approximate surface area is 200 Å². The van der Waals surface area contributed by atoms with Crippen LogP contribution in [0.2, 0.25) is 0 Å². The van der Waals surface area contributed by atoms with Crippen LogP contribution in [-0.2, 0) is 20.1 Å². The number of para-hydroxylation sites is 2. The lowest BCUT2D eigenvalue weighted by Gasteiger charge is -2.23. The number of amides is 3. The van der Waals surface area contributed by atoms with Gasteiger partial charge in [-0.15, -0.1) is 0 Å². The second-order valence-electron chi connectivity index (χ2n) is 8.63. The first-order valence-electron chi connectivity index (χ1n) is 11.8. The van der Waals surface area contributed by atoms with Crippen LogP contribution in [0.3, 0.4) is 0 Å². The quantitative estimate of drug-likeness (QED) is 0.449. The van der Waals surface area contributed by atoms with E-state index >= 15 is 0 Å². The minimum atomic E-state index is -0.170. The summed E-state index contributed by atoms with van der Waals surface area (Å²) in [6, 6.07) is 13.3. The zero-order valence-electron chi connectivity index (χ0n) is 20.0. The van der Waals surface area contributed by atoms with Crippen LogP contribution in [0.25, 0.3) is 0 Å². The third-order valence-electron chi connectivity index (χ3n) is 6.13. The molecule has 2 aromatic carbocycles. The first kappa shape index (κ1) is 23.4. The van der Waals surface area contributed by atoms with Gasteiger partial charge in [-0.3, -0.25) is 9.48 Å². The number of aryl methyl sites for hydroxylation is 2. The number of carbonyl (C=O) groups is 2. The van der Waals surface area contributed by atoms with E-state index < -0.39 is 0 Å². The summed E-state index contributed by atoms with van der Waals surface area (Å²) in [6.07, 6.45) is 5.00. The van der Waals surface area contributed by atoms with Gasteiger partial charge in [-0.25, -0.2) is 4.79 Å². The Kier molecular flexibility index (Phi) is 7.15. The van der Waals surface area contributed by atoms with E-state index in [-0.39, 0.29) is 11.9 Å². The van der Waals surface area contributed by atoms with E-state index in [0.717, 1.165) is 53.1 Å². The lowest BCUT2D eigenvalue weighted by atomic mass is 10.0. The van der Waals surface area contributed by atoms with Gasteiger partial charge in [0.2, 0.25) is 0 Å². The minimum Gasteiger partial charge on any atom is -0.338 e. The smallest absolute Gasteiger partial charge is 0.315 e. The Balaban J connectivity index is 1.49. The number of rotatable bonds is 7. The number of benzene rings is 2. The van der Waals surface area contributed by atoms with Crippen LogP contribution in [0.15, 0.2) is 48.7 Å². The number of unbranched alkanes of at least 4 members (excludes halogenated alkanes) is 2. The number of aromatic nitrogens is 2. The van der Waals surface area contributed by atoms with Gasteiger partial charge in [0.05, 0.1) is 24.1 Å². The number of urea groups is 1. The molecule has 1 aromatic heterocycles. The van der Waals surface area contributed by atoms with Crippen molar-refractivity contribution in [3.63, 3.8) is 0 Å². The third kappa shape index (κ3) is 5.06. The van der Waals surface area contributed by atoms with Crippen molar-refractivity contribution in [2.24, 2.45) is 7.05 Å². The third-order valence-corrected chi connectivity index (χ3v) is 6.13. The summed E-state index contributed by atoms with van der Waals surface area (Å²) in [4.78, 5) is 27.4. The Morgan fingerprint density at radius 2 is 1.94 bits per heavy atom. The summed E-state index contributed by atoms with van der Waals surface area (Å²) in [5.41, 5.74) is 5.18. The zero-order valence-corrected chi connectivity index (χ0v) is 20.0.